The van der Waals surface area contributed by atoms with Crippen molar-refractivity contribution in [2.45, 2.75) is 6.42 Å². The highest BCUT2D eigenvalue weighted by Crippen LogP contribution is 2.34. The Labute approximate surface area is 135 Å². The average Bonchev–Trinajstić information content (AvgIpc) is 2.43. The van der Waals surface area contributed by atoms with E-state index in [0.29, 0.717) is 18.9 Å². The van der Waals surface area contributed by atoms with Crippen molar-refractivity contribution in [2.75, 3.05) is 39.2 Å². The van der Waals surface area contributed by atoms with Crippen LogP contribution >= 0.6 is 31.9 Å². The molecule has 0 fully saturated rings. The number of ether oxygens (including phenoxy) is 2. The van der Waals surface area contributed by atoms with Crippen LogP contribution < -0.4 is 15.4 Å². The second-order valence-electron chi connectivity index (χ2n) is 4.02. The summed E-state index contributed by atoms with van der Waals surface area (Å²) in [5, 5.41) is 5.87. The van der Waals surface area contributed by atoms with Gasteiger partial charge in [-0.05, 0) is 44.3 Å². The van der Waals surface area contributed by atoms with Crippen LogP contribution in [0, 0.1) is 0 Å². The summed E-state index contributed by atoms with van der Waals surface area (Å²) < 4.78 is 11.8. The number of amides is 1. The van der Waals surface area contributed by atoms with Crippen LogP contribution in [0.25, 0.3) is 0 Å². The minimum Gasteiger partial charge on any atom is -0.495 e. The van der Waals surface area contributed by atoms with E-state index < -0.39 is 0 Å². The Morgan fingerprint density at radius 1 is 1.25 bits per heavy atom. The van der Waals surface area contributed by atoms with Gasteiger partial charge in [-0.1, -0.05) is 0 Å². The standard InChI is InChI=1S/C13H18Br2N2O3/c1-19-5-3-4-16-13(18)8-17-11-7-12(20-2)10(15)6-9(11)14/h6-7,17H,3-5,8H2,1-2H3,(H,16,18). The van der Waals surface area contributed by atoms with E-state index in [1.807, 2.05) is 12.1 Å². The molecule has 5 nitrogen and oxygen atoms in total. The van der Waals surface area contributed by atoms with Crippen LogP contribution in [0.4, 0.5) is 5.69 Å². The largest absolute Gasteiger partial charge is 0.495 e. The monoisotopic (exact) mass is 408 g/mol. The van der Waals surface area contributed by atoms with Gasteiger partial charge in [-0.2, -0.15) is 0 Å². The van der Waals surface area contributed by atoms with E-state index >= 15 is 0 Å². The lowest BCUT2D eigenvalue weighted by Crippen LogP contribution is -2.31. The fraction of sp³-hybridized carbons (Fsp3) is 0.462. The summed E-state index contributed by atoms with van der Waals surface area (Å²) in [5.74, 6) is 0.645. The molecule has 1 rings (SSSR count). The van der Waals surface area contributed by atoms with Gasteiger partial charge in [0.05, 0.1) is 23.8 Å². The molecule has 0 atom stereocenters. The maximum absolute atomic E-state index is 11.6. The number of halogens is 2. The Morgan fingerprint density at radius 2 is 2.00 bits per heavy atom. The van der Waals surface area contributed by atoms with E-state index in [0.717, 1.165) is 21.1 Å². The van der Waals surface area contributed by atoms with Gasteiger partial charge in [-0.3, -0.25) is 4.79 Å². The number of methoxy groups -OCH3 is 2. The summed E-state index contributed by atoms with van der Waals surface area (Å²) in [6, 6.07) is 3.70. The van der Waals surface area contributed by atoms with E-state index in [1.54, 1.807) is 14.2 Å². The zero-order chi connectivity index (χ0) is 15.0. The lowest BCUT2D eigenvalue weighted by atomic mass is 10.3. The van der Waals surface area contributed by atoms with Crippen molar-refractivity contribution in [3.05, 3.63) is 21.1 Å². The van der Waals surface area contributed by atoms with Gasteiger partial charge in [-0.15, -0.1) is 0 Å². The molecule has 0 unspecified atom stereocenters. The highest BCUT2D eigenvalue weighted by Gasteiger charge is 2.08. The average molecular weight is 410 g/mol. The molecule has 0 saturated heterocycles. The number of carbonyl (C=O) groups excluding carboxylic acids is 1. The normalized spacial score (nSPS) is 10.2. The molecular formula is C13H18Br2N2O3. The Hall–Kier alpha value is -0.790. The zero-order valence-electron chi connectivity index (χ0n) is 11.5. The first-order valence-corrected chi connectivity index (χ1v) is 7.69. The lowest BCUT2D eigenvalue weighted by molar-refractivity contribution is -0.119. The van der Waals surface area contributed by atoms with Gasteiger partial charge in [0.1, 0.15) is 5.75 Å². The molecule has 20 heavy (non-hydrogen) atoms. The molecule has 0 heterocycles. The van der Waals surface area contributed by atoms with Gasteiger partial charge in [0.25, 0.3) is 0 Å². The SMILES string of the molecule is COCCCNC(=O)CNc1cc(OC)c(Br)cc1Br. The predicted octanol–water partition coefficient (Wildman–Crippen LogP) is 2.78. The smallest absolute Gasteiger partial charge is 0.239 e. The number of benzene rings is 1. The fourth-order valence-electron chi connectivity index (χ4n) is 1.50. The Bertz CT molecular complexity index is 455. The minimum absolute atomic E-state index is 0.0603. The fourth-order valence-corrected chi connectivity index (χ4v) is 2.80. The molecule has 2 N–H and O–H groups in total. The lowest BCUT2D eigenvalue weighted by Gasteiger charge is -2.12. The van der Waals surface area contributed by atoms with Crippen LogP contribution in [0.5, 0.6) is 5.75 Å². The van der Waals surface area contributed by atoms with Gasteiger partial charge in [0.15, 0.2) is 0 Å². The summed E-state index contributed by atoms with van der Waals surface area (Å²) >= 11 is 6.83. The van der Waals surface area contributed by atoms with Crippen molar-refractivity contribution < 1.29 is 14.3 Å². The molecule has 112 valence electrons. The number of carbonyl (C=O) groups is 1. The van der Waals surface area contributed by atoms with Gasteiger partial charge in [-0.25, -0.2) is 0 Å². The van der Waals surface area contributed by atoms with Crippen molar-refractivity contribution in [1.29, 1.82) is 0 Å². The van der Waals surface area contributed by atoms with Crippen molar-refractivity contribution in [3.63, 3.8) is 0 Å². The predicted molar refractivity (Wildman–Crippen MR) is 86.4 cm³/mol. The topological polar surface area (TPSA) is 59.6 Å². The Morgan fingerprint density at radius 3 is 2.65 bits per heavy atom. The quantitative estimate of drug-likeness (QED) is 0.648. The van der Waals surface area contributed by atoms with Crippen LogP contribution in [0.1, 0.15) is 6.42 Å². The summed E-state index contributed by atoms with van der Waals surface area (Å²) in [6.45, 7) is 1.46. The summed E-state index contributed by atoms with van der Waals surface area (Å²) in [5.41, 5.74) is 0.803. The third kappa shape index (κ3) is 5.68. The molecule has 0 saturated carbocycles. The van der Waals surface area contributed by atoms with E-state index in [1.165, 1.54) is 0 Å². The molecule has 1 aromatic carbocycles. The maximum atomic E-state index is 11.6. The second-order valence-corrected chi connectivity index (χ2v) is 5.73. The number of rotatable bonds is 8. The summed E-state index contributed by atoms with van der Waals surface area (Å²) in [4.78, 5) is 11.6. The van der Waals surface area contributed by atoms with Crippen molar-refractivity contribution >= 4 is 43.5 Å². The van der Waals surface area contributed by atoms with E-state index in [2.05, 4.69) is 42.5 Å². The van der Waals surface area contributed by atoms with Crippen LogP contribution in [-0.4, -0.2) is 39.8 Å². The highest BCUT2D eigenvalue weighted by atomic mass is 79.9. The summed E-state index contributed by atoms with van der Waals surface area (Å²) in [6.07, 6.45) is 0.804. The van der Waals surface area contributed by atoms with Gasteiger partial charge >= 0.3 is 0 Å². The van der Waals surface area contributed by atoms with Crippen LogP contribution in [0.15, 0.2) is 21.1 Å². The zero-order valence-corrected chi connectivity index (χ0v) is 14.6. The van der Waals surface area contributed by atoms with Crippen molar-refractivity contribution in [2.24, 2.45) is 0 Å². The molecule has 7 heteroatoms. The van der Waals surface area contributed by atoms with E-state index in [-0.39, 0.29) is 12.5 Å². The Kier molecular flexibility index (Phi) is 7.94. The van der Waals surface area contributed by atoms with Gasteiger partial charge in [0, 0.05) is 30.8 Å². The molecule has 0 aliphatic carbocycles. The number of hydrogen-bond donors (Lipinski definition) is 2. The number of anilines is 1. The molecule has 0 spiro atoms. The summed E-state index contributed by atoms with van der Waals surface area (Å²) in [7, 11) is 3.24. The third-order valence-electron chi connectivity index (χ3n) is 2.53. The van der Waals surface area contributed by atoms with Crippen LogP contribution in [0.2, 0.25) is 0 Å². The van der Waals surface area contributed by atoms with E-state index in [9.17, 15) is 4.79 Å². The third-order valence-corrected chi connectivity index (χ3v) is 3.80. The van der Waals surface area contributed by atoms with Gasteiger partial charge < -0.3 is 20.1 Å². The molecule has 0 radical (unpaired) electrons. The molecule has 0 aliphatic rings. The highest BCUT2D eigenvalue weighted by molar-refractivity contribution is 9.11. The van der Waals surface area contributed by atoms with Crippen LogP contribution in [0.3, 0.4) is 0 Å². The Balaban J connectivity index is 2.47. The van der Waals surface area contributed by atoms with Crippen LogP contribution in [-0.2, 0) is 9.53 Å². The first-order chi connectivity index (χ1) is 9.58. The molecule has 1 aromatic rings. The number of hydrogen-bond acceptors (Lipinski definition) is 4. The van der Waals surface area contributed by atoms with Crippen molar-refractivity contribution in [3.8, 4) is 5.75 Å². The molecule has 0 aromatic heterocycles. The number of nitrogens with one attached hydrogen (secondary N) is 2. The molecule has 1 amide bonds. The van der Waals surface area contributed by atoms with Gasteiger partial charge in [0.2, 0.25) is 5.91 Å². The van der Waals surface area contributed by atoms with Crippen molar-refractivity contribution in [1.82, 2.24) is 5.32 Å². The maximum Gasteiger partial charge on any atom is 0.239 e. The molecule has 0 aliphatic heterocycles. The molecular weight excluding hydrogens is 392 g/mol. The molecule has 0 bridgehead atoms. The van der Waals surface area contributed by atoms with E-state index in [4.69, 9.17) is 9.47 Å². The second kappa shape index (κ2) is 9.20. The first kappa shape index (κ1) is 17.3. The first-order valence-electron chi connectivity index (χ1n) is 6.11. The minimum atomic E-state index is -0.0603.